The third kappa shape index (κ3) is 4.36. The van der Waals surface area contributed by atoms with Crippen LogP contribution in [0, 0.1) is 0 Å². The molecular formula is C14H28N2O2S2. The Morgan fingerprint density at radius 1 is 1.25 bits per heavy atom. The summed E-state index contributed by atoms with van der Waals surface area (Å²) in [6.45, 7) is 4.22. The van der Waals surface area contributed by atoms with Crippen LogP contribution < -0.4 is 5.32 Å². The highest BCUT2D eigenvalue weighted by Gasteiger charge is 2.36. The minimum absolute atomic E-state index is 0.258. The van der Waals surface area contributed by atoms with Crippen LogP contribution in [-0.4, -0.2) is 61.6 Å². The lowest BCUT2D eigenvalue weighted by Gasteiger charge is -2.42. The van der Waals surface area contributed by atoms with Crippen LogP contribution >= 0.6 is 11.8 Å². The number of nitrogens with one attached hydrogen (secondary N) is 1. The molecule has 1 heterocycles. The van der Waals surface area contributed by atoms with Gasteiger partial charge in [-0.3, -0.25) is 4.90 Å². The van der Waals surface area contributed by atoms with Gasteiger partial charge in [-0.05, 0) is 38.6 Å². The molecule has 1 atom stereocenters. The van der Waals surface area contributed by atoms with Gasteiger partial charge in [0.2, 0.25) is 0 Å². The number of hydrogen-bond acceptors (Lipinski definition) is 5. The van der Waals surface area contributed by atoms with Crippen molar-refractivity contribution in [1.29, 1.82) is 0 Å². The summed E-state index contributed by atoms with van der Waals surface area (Å²) < 4.78 is 24.0. The van der Waals surface area contributed by atoms with E-state index >= 15 is 0 Å². The average molecular weight is 321 g/mol. The second kappa shape index (κ2) is 7.47. The molecule has 6 heteroatoms. The van der Waals surface area contributed by atoms with Gasteiger partial charge in [-0.15, -0.1) is 0 Å². The van der Waals surface area contributed by atoms with Crippen LogP contribution in [-0.2, 0) is 9.84 Å². The molecule has 2 rings (SSSR count). The summed E-state index contributed by atoms with van der Waals surface area (Å²) in [5.41, 5.74) is 0. The third-order valence-electron chi connectivity index (χ3n) is 4.47. The summed E-state index contributed by atoms with van der Waals surface area (Å²) in [7, 11) is -2.96. The van der Waals surface area contributed by atoms with Crippen LogP contribution in [0.5, 0.6) is 0 Å². The molecule has 2 fully saturated rings. The van der Waals surface area contributed by atoms with Crippen LogP contribution in [0.2, 0.25) is 0 Å². The predicted octanol–water partition coefficient (Wildman–Crippen LogP) is 1.72. The zero-order valence-corrected chi connectivity index (χ0v) is 14.3. The van der Waals surface area contributed by atoms with E-state index in [0.29, 0.717) is 12.1 Å². The van der Waals surface area contributed by atoms with E-state index in [0.717, 1.165) is 37.4 Å². The van der Waals surface area contributed by atoms with Gasteiger partial charge in [0, 0.05) is 36.4 Å². The topological polar surface area (TPSA) is 49.4 Å². The number of thioether (sulfide) groups is 1. The Balaban J connectivity index is 1.91. The third-order valence-corrected chi connectivity index (χ3v) is 7.13. The van der Waals surface area contributed by atoms with E-state index in [4.69, 9.17) is 0 Å². The maximum Gasteiger partial charge on any atom is 0.164 e. The monoisotopic (exact) mass is 320 g/mol. The van der Waals surface area contributed by atoms with Crippen molar-refractivity contribution in [1.82, 2.24) is 10.2 Å². The van der Waals surface area contributed by atoms with Gasteiger partial charge in [0.05, 0.1) is 0 Å². The first kappa shape index (κ1) is 16.6. The van der Waals surface area contributed by atoms with Gasteiger partial charge in [-0.1, -0.05) is 6.92 Å². The molecule has 1 saturated heterocycles. The van der Waals surface area contributed by atoms with Gasteiger partial charge in [0.25, 0.3) is 0 Å². The van der Waals surface area contributed by atoms with E-state index in [1.807, 2.05) is 0 Å². The van der Waals surface area contributed by atoms with Crippen molar-refractivity contribution in [3.8, 4) is 0 Å². The molecule has 0 radical (unpaired) electrons. The van der Waals surface area contributed by atoms with Gasteiger partial charge in [0.15, 0.2) is 9.84 Å². The molecule has 1 N–H and O–H groups in total. The van der Waals surface area contributed by atoms with E-state index < -0.39 is 9.84 Å². The molecule has 0 aromatic carbocycles. The zero-order chi connectivity index (χ0) is 14.6. The molecule has 4 nitrogen and oxygen atoms in total. The van der Waals surface area contributed by atoms with Gasteiger partial charge >= 0.3 is 0 Å². The van der Waals surface area contributed by atoms with Gasteiger partial charge in [-0.25, -0.2) is 8.42 Å². The molecular weight excluding hydrogens is 292 g/mol. The Hall–Kier alpha value is 0.220. The molecule has 1 saturated carbocycles. The van der Waals surface area contributed by atoms with Crippen LogP contribution in [0.3, 0.4) is 0 Å². The Labute approximate surface area is 128 Å². The van der Waals surface area contributed by atoms with Crippen molar-refractivity contribution in [3.63, 3.8) is 0 Å². The number of sulfone groups is 1. The predicted molar refractivity (Wildman–Crippen MR) is 87.0 cm³/mol. The fraction of sp³-hybridized carbons (Fsp3) is 1.00. The van der Waals surface area contributed by atoms with Gasteiger partial charge < -0.3 is 5.32 Å². The maximum absolute atomic E-state index is 12.0. The van der Waals surface area contributed by atoms with E-state index in [2.05, 4.69) is 17.1 Å². The quantitative estimate of drug-likeness (QED) is 0.836. The fourth-order valence-electron chi connectivity index (χ4n) is 3.34. The van der Waals surface area contributed by atoms with Crippen molar-refractivity contribution in [2.45, 2.75) is 56.5 Å². The molecule has 2 aliphatic rings. The standard InChI is InChI=1S/C14H28N2O2S2/c1-3-8-15-12-4-6-13(7-5-12)16-9-10-19-11-14(16)20(2,17)18/h12-15H,3-11H2,1-2H3. The lowest BCUT2D eigenvalue weighted by atomic mass is 9.90. The molecule has 1 aliphatic heterocycles. The van der Waals surface area contributed by atoms with Crippen molar-refractivity contribution in [2.75, 3.05) is 30.9 Å². The van der Waals surface area contributed by atoms with E-state index in [1.54, 1.807) is 11.8 Å². The summed E-state index contributed by atoms with van der Waals surface area (Å²) >= 11 is 1.78. The molecule has 0 aromatic rings. The minimum Gasteiger partial charge on any atom is -0.314 e. The molecule has 20 heavy (non-hydrogen) atoms. The van der Waals surface area contributed by atoms with Crippen molar-refractivity contribution in [2.24, 2.45) is 0 Å². The zero-order valence-electron chi connectivity index (χ0n) is 12.7. The molecule has 1 aliphatic carbocycles. The SMILES string of the molecule is CCCNC1CCC(N2CCSCC2S(C)(=O)=O)CC1. The van der Waals surface area contributed by atoms with Crippen LogP contribution in [0.4, 0.5) is 0 Å². The second-order valence-electron chi connectivity index (χ2n) is 6.06. The first-order chi connectivity index (χ1) is 9.52. The van der Waals surface area contributed by atoms with Crippen LogP contribution in [0.15, 0.2) is 0 Å². The fourth-order valence-corrected chi connectivity index (χ4v) is 6.29. The Morgan fingerprint density at radius 3 is 2.55 bits per heavy atom. The van der Waals surface area contributed by atoms with Crippen LogP contribution in [0.1, 0.15) is 39.0 Å². The lowest BCUT2D eigenvalue weighted by Crippen LogP contribution is -2.53. The highest BCUT2D eigenvalue weighted by molar-refractivity contribution is 8.00. The smallest absolute Gasteiger partial charge is 0.164 e. The van der Waals surface area contributed by atoms with Gasteiger partial charge in [0.1, 0.15) is 5.37 Å². The Kier molecular flexibility index (Phi) is 6.20. The van der Waals surface area contributed by atoms with Crippen molar-refractivity contribution in [3.05, 3.63) is 0 Å². The maximum atomic E-state index is 12.0. The highest BCUT2D eigenvalue weighted by atomic mass is 32.2. The molecule has 1 unspecified atom stereocenters. The van der Waals surface area contributed by atoms with Crippen molar-refractivity contribution < 1.29 is 8.42 Å². The van der Waals surface area contributed by atoms with Crippen LogP contribution in [0.25, 0.3) is 0 Å². The minimum atomic E-state index is -2.96. The molecule has 0 spiro atoms. The summed E-state index contributed by atoms with van der Waals surface area (Å²) in [5, 5.41) is 3.34. The van der Waals surface area contributed by atoms with E-state index in [1.165, 1.54) is 25.5 Å². The highest BCUT2D eigenvalue weighted by Crippen LogP contribution is 2.30. The summed E-state index contributed by atoms with van der Waals surface area (Å²) in [6, 6.07) is 1.11. The first-order valence-electron chi connectivity index (χ1n) is 7.78. The molecule has 0 aromatic heterocycles. The Morgan fingerprint density at radius 2 is 1.95 bits per heavy atom. The largest absolute Gasteiger partial charge is 0.314 e. The summed E-state index contributed by atoms with van der Waals surface area (Å²) in [5.74, 6) is 1.81. The normalized spacial score (nSPS) is 33.2. The molecule has 0 bridgehead atoms. The number of hydrogen-bond donors (Lipinski definition) is 1. The van der Waals surface area contributed by atoms with E-state index in [9.17, 15) is 8.42 Å². The van der Waals surface area contributed by atoms with E-state index in [-0.39, 0.29) is 5.37 Å². The summed E-state index contributed by atoms with van der Waals surface area (Å²) in [4.78, 5) is 2.28. The van der Waals surface area contributed by atoms with Crippen molar-refractivity contribution >= 4 is 21.6 Å². The van der Waals surface area contributed by atoms with Gasteiger partial charge in [-0.2, -0.15) is 11.8 Å². The summed E-state index contributed by atoms with van der Waals surface area (Å²) in [6.07, 6.45) is 7.22. The first-order valence-corrected chi connectivity index (χ1v) is 10.9. The lowest BCUT2D eigenvalue weighted by molar-refractivity contribution is 0.140. The second-order valence-corrected chi connectivity index (χ2v) is 9.41. The molecule has 0 amide bonds. The Bertz CT molecular complexity index is 392. The number of nitrogens with zero attached hydrogens (tertiary/aromatic N) is 1. The number of rotatable bonds is 5. The molecule has 118 valence electrons. The average Bonchev–Trinajstić information content (AvgIpc) is 2.45.